The molecule has 1 aliphatic rings. The minimum atomic E-state index is 0.0304. The molecule has 0 aliphatic carbocycles. The first kappa shape index (κ1) is 24.1. The largest absolute Gasteiger partial charge is 0.336 e. The maximum Gasteiger partial charge on any atom is 0.224 e. The standard InChI is InChI=1S/C30H27N9O/c40-26(13-18-6-10-31-11-7-18)35-21-14-20(16-32-17-21)19-4-5-23-22(15-19)27(39-38-23)30-36-25-8-12-34-28(29(25)37-30)24-3-1-2-9-33-24/h1-5,8-9,12,14-18,31H,6-7,10-11,13H2,(H,35,40)(H,36,37)(H,38,39). The second-order valence-electron chi connectivity index (χ2n) is 10.1. The Hall–Kier alpha value is -4.96. The summed E-state index contributed by atoms with van der Waals surface area (Å²) in [6.45, 7) is 1.95. The van der Waals surface area contributed by atoms with Crippen molar-refractivity contribution in [2.45, 2.75) is 19.3 Å². The van der Waals surface area contributed by atoms with E-state index in [2.05, 4.69) is 46.8 Å². The average molecular weight is 530 g/mol. The van der Waals surface area contributed by atoms with E-state index in [-0.39, 0.29) is 5.91 Å². The molecule has 1 fully saturated rings. The third kappa shape index (κ3) is 4.69. The van der Waals surface area contributed by atoms with Gasteiger partial charge < -0.3 is 15.6 Å². The highest BCUT2D eigenvalue weighted by atomic mass is 16.1. The molecule has 10 heteroatoms. The number of nitrogens with zero attached hydrogens (tertiary/aromatic N) is 5. The second-order valence-corrected chi connectivity index (χ2v) is 10.1. The Bertz CT molecular complexity index is 1820. The molecule has 0 spiro atoms. The molecule has 40 heavy (non-hydrogen) atoms. The molecule has 1 saturated heterocycles. The molecule has 0 radical (unpaired) electrons. The zero-order valence-electron chi connectivity index (χ0n) is 21.7. The number of pyridine rings is 3. The molecule has 0 saturated carbocycles. The molecule has 1 aromatic carbocycles. The monoisotopic (exact) mass is 529 g/mol. The van der Waals surface area contributed by atoms with Gasteiger partial charge >= 0.3 is 0 Å². The van der Waals surface area contributed by atoms with Crippen molar-refractivity contribution >= 4 is 33.5 Å². The van der Waals surface area contributed by atoms with Crippen LogP contribution in [0.2, 0.25) is 0 Å². The fraction of sp³-hybridized carbons (Fsp3) is 0.200. The lowest BCUT2D eigenvalue weighted by atomic mass is 9.94. The van der Waals surface area contributed by atoms with E-state index in [9.17, 15) is 4.79 Å². The summed E-state index contributed by atoms with van der Waals surface area (Å²) in [4.78, 5) is 34.3. The molecule has 7 rings (SSSR count). The highest BCUT2D eigenvalue weighted by molar-refractivity contribution is 5.97. The van der Waals surface area contributed by atoms with E-state index in [4.69, 9.17) is 4.98 Å². The van der Waals surface area contributed by atoms with E-state index in [0.717, 1.165) is 64.7 Å². The number of fused-ring (bicyclic) bond motifs is 2. The Labute approximate surface area is 229 Å². The van der Waals surface area contributed by atoms with Crippen molar-refractivity contribution in [2.75, 3.05) is 18.4 Å². The molecule has 6 aromatic rings. The van der Waals surface area contributed by atoms with Crippen molar-refractivity contribution in [2.24, 2.45) is 5.92 Å². The number of benzene rings is 1. The molecule has 1 aliphatic heterocycles. The number of H-pyrrole nitrogens is 2. The summed E-state index contributed by atoms with van der Waals surface area (Å²) >= 11 is 0. The minimum Gasteiger partial charge on any atom is -0.336 e. The van der Waals surface area contributed by atoms with Crippen molar-refractivity contribution in [3.8, 4) is 34.0 Å². The van der Waals surface area contributed by atoms with E-state index in [1.807, 2.05) is 42.5 Å². The quantitative estimate of drug-likeness (QED) is 0.239. The van der Waals surface area contributed by atoms with Crippen LogP contribution in [0.4, 0.5) is 5.69 Å². The lowest BCUT2D eigenvalue weighted by Crippen LogP contribution is -2.30. The topological polar surface area (TPSA) is 137 Å². The zero-order chi connectivity index (χ0) is 26.9. The van der Waals surface area contributed by atoms with E-state index in [0.29, 0.717) is 35.2 Å². The van der Waals surface area contributed by atoms with Crippen LogP contribution < -0.4 is 10.6 Å². The Morgan fingerprint density at radius 1 is 0.925 bits per heavy atom. The first-order valence-corrected chi connectivity index (χ1v) is 13.4. The number of hydrogen-bond donors (Lipinski definition) is 4. The van der Waals surface area contributed by atoms with Crippen LogP contribution in [0.15, 0.2) is 73.3 Å². The minimum absolute atomic E-state index is 0.0304. The highest BCUT2D eigenvalue weighted by Crippen LogP contribution is 2.32. The first-order chi connectivity index (χ1) is 19.7. The molecule has 4 N–H and O–H groups in total. The second kappa shape index (κ2) is 10.3. The molecule has 198 valence electrons. The number of rotatable bonds is 6. The van der Waals surface area contributed by atoms with Crippen molar-refractivity contribution in [1.82, 2.24) is 40.4 Å². The number of nitrogens with one attached hydrogen (secondary N) is 4. The fourth-order valence-corrected chi connectivity index (χ4v) is 5.34. The number of amides is 1. The van der Waals surface area contributed by atoms with Gasteiger partial charge in [-0.1, -0.05) is 12.1 Å². The number of imidazole rings is 1. The van der Waals surface area contributed by atoms with Gasteiger partial charge in [0.25, 0.3) is 0 Å². The van der Waals surface area contributed by atoms with Gasteiger partial charge in [0.1, 0.15) is 16.9 Å². The van der Waals surface area contributed by atoms with Crippen LogP contribution in [0, 0.1) is 5.92 Å². The van der Waals surface area contributed by atoms with Gasteiger partial charge in [0.15, 0.2) is 5.82 Å². The number of carbonyl (C=O) groups is 1. The molecular weight excluding hydrogens is 502 g/mol. The Kier molecular flexibility index (Phi) is 6.21. The maximum atomic E-state index is 12.7. The van der Waals surface area contributed by atoms with E-state index < -0.39 is 0 Å². The third-order valence-electron chi connectivity index (χ3n) is 7.38. The predicted octanol–water partition coefficient (Wildman–Crippen LogP) is 4.95. The zero-order valence-corrected chi connectivity index (χ0v) is 21.7. The molecule has 1 amide bonds. The van der Waals surface area contributed by atoms with Gasteiger partial charge in [0.2, 0.25) is 5.91 Å². The van der Waals surface area contributed by atoms with Crippen LogP contribution in [0.5, 0.6) is 0 Å². The van der Waals surface area contributed by atoms with Crippen molar-refractivity contribution in [3.05, 3.63) is 73.3 Å². The van der Waals surface area contributed by atoms with Gasteiger partial charge in [-0.15, -0.1) is 0 Å². The Morgan fingerprint density at radius 3 is 2.73 bits per heavy atom. The summed E-state index contributed by atoms with van der Waals surface area (Å²) < 4.78 is 0. The predicted molar refractivity (Wildman–Crippen MR) is 154 cm³/mol. The normalized spacial score (nSPS) is 14.1. The average Bonchev–Trinajstić information content (AvgIpc) is 3.62. The first-order valence-electron chi connectivity index (χ1n) is 13.4. The summed E-state index contributed by atoms with van der Waals surface area (Å²) in [5.41, 5.74) is 7.22. The maximum absolute atomic E-state index is 12.7. The lowest BCUT2D eigenvalue weighted by Gasteiger charge is -2.21. The summed E-state index contributed by atoms with van der Waals surface area (Å²) in [5.74, 6) is 1.09. The van der Waals surface area contributed by atoms with Gasteiger partial charge in [-0.25, -0.2) is 4.98 Å². The number of hydrogen-bond acceptors (Lipinski definition) is 7. The Morgan fingerprint density at radius 2 is 1.85 bits per heavy atom. The summed E-state index contributed by atoms with van der Waals surface area (Å²) in [6, 6.07) is 15.7. The van der Waals surface area contributed by atoms with Crippen LogP contribution in [0.3, 0.4) is 0 Å². The van der Waals surface area contributed by atoms with Gasteiger partial charge in [0, 0.05) is 36.0 Å². The number of aromatic nitrogens is 7. The molecule has 6 heterocycles. The van der Waals surface area contributed by atoms with E-state index in [1.54, 1.807) is 24.8 Å². The summed E-state index contributed by atoms with van der Waals surface area (Å²) in [5, 5.41) is 15.0. The van der Waals surface area contributed by atoms with Crippen LogP contribution in [-0.4, -0.2) is 54.1 Å². The molecule has 0 unspecified atom stereocenters. The molecule has 0 atom stereocenters. The summed E-state index contributed by atoms with van der Waals surface area (Å²) in [6.07, 6.45) is 9.58. The van der Waals surface area contributed by atoms with Crippen LogP contribution in [-0.2, 0) is 4.79 Å². The van der Waals surface area contributed by atoms with E-state index in [1.165, 1.54) is 0 Å². The van der Waals surface area contributed by atoms with Gasteiger partial charge in [-0.2, -0.15) is 5.10 Å². The fourth-order valence-electron chi connectivity index (χ4n) is 5.34. The van der Waals surface area contributed by atoms with Crippen molar-refractivity contribution in [1.29, 1.82) is 0 Å². The lowest BCUT2D eigenvalue weighted by molar-refractivity contribution is -0.117. The number of anilines is 1. The molecule has 10 nitrogen and oxygen atoms in total. The molecule has 0 bridgehead atoms. The van der Waals surface area contributed by atoms with Gasteiger partial charge in [0.05, 0.1) is 28.6 Å². The highest BCUT2D eigenvalue weighted by Gasteiger charge is 2.18. The van der Waals surface area contributed by atoms with Crippen molar-refractivity contribution in [3.63, 3.8) is 0 Å². The molecule has 5 aromatic heterocycles. The van der Waals surface area contributed by atoms with Crippen molar-refractivity contribution < 1.29 is 4.79 Å². The smallest absolute Gasteiger partial charge is 0.224 e. The molecular formula is C30H27N9O. The van der Waals surface area contributed by atoms with Gasteiger partial charge in [-0.05, 0) is 73.8 Å². The van der Waals surface area contributed by atoms with E-state index >= 15 is 0 Å². The number of piperidine rings is 1. The van der Waals surface area contributed by atoms with Crippen LogP contribution >= 0.6 is 0 Å². The Balaban J connectivity index is 1.19. The number of aromatic amines is 2. The summed E-state index contributed by atoms with van der Waals surface area (Å²) in [7, 11) is 0. The third-order valence-corrected chi connectivity index (χ3v) is 7.38. The van der Waals surface area contributed by atoms with Crippen LogP contribution in [0.25, 0.3) is 56.0 Å². The number of carbonyl (C=O) groups excluding carboxylic acids is 1. The van der Waals surface area contributed by atoms with Gasteiger partial charge in [-0.3, -0.25) is 24.8 Å². The SMILES string of the molecule is O=C(CC1CCNCC1)Nc1cncc(-c2ccc3[nH]nc(-c4nc5c(-c6ccccn6)nccc5[nH]4)c3c2)c1. The van der Waals surface area contributed by atoms with Crippen LogP contribution in [0.1, 0.15) is 19.3 Å².